The van der Waals surface area contributed by atoms with Crippen LogP contribution in [0.2, 0.25) is 0 Å². The summed E-state index contributed by atoms with van der Waals surface area (Å²) >= 11 is 0. The lowest BCUT2D eigenvalue weighted by molar-refractivity contribution is 0.456. The monoisotopic (exact) mass is 294 g/mol. The molecule has 0 saturated heterocycles. The van der Waals surface area contributed by atoms with Crippen molar-refractivity contribution in [3.05, 3.63) is 35.4 Å². The molecule has 2 aromatic rings. The Morgan fingerprint density at radius 2 is 1.90 bits per heavy atom. The number of phenolic OH excluding ortho intramolecular Hbond substituents is 1. The molecule has 5 heteroatoms. The summed E-state index contributed by atoms with van der Waals surface area (Å²) in [4.78, 5) is -0.206. The molecule has 0 saturated carbocycles. The molecular weight excluding hydrogens is 276 g/mol. The number of benzene rings is 2. The van der Waals surface area contributed by atoms with Crippen LogP contribution in [-0.2, 0) is 10.1 Å². The van der Waals surface area contributed by atoms with Gasteiger partial charge in [-0.05, 0) is 30.7 Å². The van der Waals surface area contributed by atoms with E-state index in [1.165, 1.54) is 6.07 Å². The fraction of sp³-hybridized carbons (Fsp3) is 0.333. The number of fused-ring (bicyclic) bond motifs is 1. The fourth-order valence-electron chi connectivity index (χ4n) is 2.39. The van der Waals surface area contributed by atoms with Gasteiger partial charge in [0, 0.05) is 10.9 Å². The van der Waals surface area contributed by atoms with Crippen LogP contribution in [0, 0.1) is 6.92 Å². The van der Waals surface area contributed by atoms with Crippen molar-refractivity contribution in [3.63, 3.8) is 0 Å². The molecule has 108 valence electrons. The number of phenols is 1. The highest BCUT2D eigenvalue weighted by molar-refractivity contribution is 7.85. The van der Waals surface area contributed by atoms with E-state index in [4.69, 9.17) is 0 Å². The third-order valence-corrected chi connectivity index (χ3v) is 4.55. The van der Waals surface area contributed by atoms with Gasteiger partial charge in [0.25, 0.3) is 10.1 Å². The van der Waals surface area contributed by atoms with Crippen LogP contribution in [0.25, 0.3) is 10.8 Å². The lowest BCUT2D eigenvalue weighted by atomic mass is 9.94. The second kappa shape index (κ2) is 5.07. The number of hydrogen-bond acceptors (Lipinski definition) is 3. The van der Waals surface area contributed by atoms with E-state index >= 15 is 0 Å². The quantitative estimate of drug-likeness (QED) is 0.848. The number of aromatic hydroxyl groups is 1. The molecule has 2 N–H and O–H groups in total. The van der Waals surface area contributed by atoms with Crippen LogP contribution in [0.4, 0.5) is 0 Å². The first kappa shape index (κ1) is 14.8. The largest absolute Gasteiger partial charge is 0.507 e. The summed E-state index contributed by atoms with van der Waals surface area (Å²) in [5.41, 5.74) is 1.24. The Balaban J connectivity index is 2.94. The minimum absolute atomic E-state index is 0.0653. The molecule has 0 aliphatic carbocycles. The topological polar surface area (TPSA) is 74.6 Å². The minimum atomic E-state index is -4.38. The van der Waals surface area contributed by atoms with Gasteiger partial charge in [-0.1, -0.05) is 37.6 Å². The van der Waals surface area contributed by atoms with Crippen molar-refractivity contribution >= 4 is 20.9 Å². The Morgan fingerprint density at radius 1 is 1.25 bits per heavy atom. The second-order valence-electron chi connectivity index (χ2n) is 5.15. The highest BCUT2D eigenvalue weighted by atomic mass is 32.2. The number of aryl methyl sites for hydroxylation is 1. The summed E-state index contributed by atoms with van der Waals surface area (Å²) in [6.45, 7) is 5.60. The molecule has 0 heterocycles. The van der Waals surface area contributed by atoms with E-state index in [1.54, 1.807) is 12.1 Å². The first-order chi connectivity index (χ1) is 9.25. The summed E-state index contributed by atoms with van der Waals surface area (Å²) in [5.74, 6) is -0.234. The van der Waals surface area contributed by atoms with Crippen LogP contribution in [-0.4, -0.2) is 18.1 Å². The molecule has 0 unspecified atom stereocenters. The zero-order valence-corrected chi connectivity index (χ0v) is 12.5. The molecule has 20 heavy (non-hydrogen) atoms. The maximum atomic E-state index is 11.6. The second-order valence-corrected chi connectivity index (χ2v) is 6.54. The van der Waals surface area contributed by atoms with E-state index in [1.807, 2.05) is 26.8 Å². The Labute approximate surface area is 118 Å². The van der Waals surface area contributed by atoms with Crippen molar-refractivity contribution in [2.24, 2.45) is 0 Å². The molecule has 0 amide bonds. The molecule has 4 nitrogen and oxygen atoms in total. The lowest BCUT2D eigenvalue weighted by Gasteiger charge is -2.17. The molecule has 0 radical (unpaired) electrons. The van der Waals surface area contributed by atoms with Crippen LogP contribution in [0.1, 0.15) is 37.3 Å². The highest BCUT2D eigenvalue weighted by Gasteiger charge is 2.24. The van der Waals surface area contributed by atoms with Gasteiger partial charge in [-0.3, -0.25) is 4.55 Å². The van der Waals surface area contributed by atoms with Crippen molar-refractivity contribution in [2.75, 3.05) is 0 Å². The van der Waals surface area contributed by atoms with E-state index in [-0.39, 0.29) is 22.1 Å². The minimum Gasteiger partial charge on any atom is -0.507 e. The van der Waals surface area contributed by atoms with Crippen LogP contribution < -0.4 is 0 Å². The first-order valence-corrected chi connectivity index (χ1v) is 7.93. The average Bonchev–Trinajstić information content (AvgIpc) is 2.36. The molecule has 0 aliphatic heterocycles. The van der Waals surface area contributed by atoms with Gasteiger partial charge in [-0.15, -0.1) is 0 Å². The van der Waals surface area contributed by atoms with E-state index in [9.17, 15) is 18.1 Å². The van der Waals surface area contributed by atoms with Gasteiger partial charge in [0.05, 0.1) is 0 Å². The van der Waals surface area contributed by atoms with Crippen molar-refractivity contribution in [3.8, 4) is 5.75 Å². The molecule has 0 bridgehead atoms. The Morgan fingerprint density at radius 3 is 2.45 bits per heavy atom. The molecule has 0 fully saturated rings. The maximum Gasteiger partial charge on any atom is 0.294 e. The summed E-state index contributed by atoms with van der Waals surface area (Å²) < 4.78 is 32.6. The molecular formula is C15H18O4S. The maximum absolute atomic E-state index is 11.6. The zero-order chi connectivity index (χ0) is 15.1. The molecule has 0 spiro atoms. The standard InChI is InChI=1S/C15H18O4S/c1-4-10(3)14-13(20(17,18)19)8-11-7-9(2)5-6-12(11)15(14)16/h5-8,10,16H,4H2,1-3H3,(H,17,18,19)/t10-/m1/s1. The Bertz CT molecular complexity index is 763. The van der Waals surface area contributed by atoms with Crippen LogP contribution in [0.15, 0.2) is 29.2 Å². The predicted octanol–water partition coefficient (Wildman–Crippen LogP) is 3.61. The summed E-state index contributed by atoms with van der Waals surface area (Å²) in [6, 6.07) is 6.83. The Kier molecular flexibility index (Phi) is 3.75. The predicted molar refractivity (Wildman–Crippen MR) is 78.9 cm³/mol. The average molecular weight is 294 g/mol. The fourth-order valence-corrected chi connectivity index (χ4v) is 3.24. The smallest absolute Gasteiger partial charge is 0.294 e. The summed E-state index contributed by atoms with van der Waals surface area (Å²) in [7, 11) is -4.38. The summed E-state index contributed by atoms with van der Waals surface area (Å²) in [5, 5.41) is 11.6. The van der Waals surface area contributed by atoms with Crippen molar-refractivity contribution in [1.29, 1.82) is 0 Å². The van der Waals surface area contributed by atoms with Crippen LogP contribution in [0.3, 0.4) is 0 Å². The van der Waals surface area contributed by atoms with Gasteiger partial charge in [0.2, 0.25) is 0 Å². The molecule has 0 aromatic heterocycles. The van der Waals surface area contributed by atoms with Gasteiger partial charge in [-0.2, -0.15) is 8.42 Å². The van der Waals surface area contributed by atoms with Crippen molar-refractivity contribution in [2.45, 2.75) is 38.0 Å². The van der Waals surface area contributed by atoms with Crippen molar-refractivity contribution in [1.82, 2.24) is 0 Å². The van der Waals surface area contributed by atoms with Crippen molar-refractivity contribution < 1.29 is 18.1 Å². The van der Waals surface area contributed by atoms with E-state index < -0.39 is 10.1 Å². The van der Waals surface area contributed by atoms with Gasteiger partial charge < -0.3 is 5.11 Å². The SMILES string of the molecule is CC[C@@H](C)c1c(S(=O)(=O)O)cc2cc(C)ccc2c1O. The van der Waals surface area contributed by atoms with Gasteiger partial charge in [0.15, 0.2) is 0 Å². The van der Waals surface area contributed by atoms with E-state index in [2.05, 4.69) is 0 Å². The normalized spacial score (nSPS) is 13.6. The van der Waals surface area contributed by atoms with Gasteiger partial charge >= 0.3 is 0 Å². The van der Waals surface area contributed by atoms with Crippen LogP contribution in [0.5, 0.6) is 5.75 Å². The summed E-state index contributed by atoms with van der Waals surface area (Å²) in [6.07, 6.45) is 0.660. The first-order valence-electron chi connectivity index (χ1n) is 6.49. The van der Waals surface area contributed by atoms with Gasteiger partial charge in [-0.25, -0.2) is 0 Å². The number of hydrogen-bond donors (Lipinski definition) is 2. The molecule has 2 rings (SSSR count). The van der Waals surface area contributed by atoms with E-state index in [0.29, 0.717) is 17.2 Å². The van der Waals surface area contributed by atoms with E-state index in [0.717, 1.165) is 5.56 Å². The van der Waals surface area contributed by atoms with Crippen LogP contribution >= 0.6 is 0 Å². The number of rotatable bonds is 3. The third kappa shape index (κ3) is 2.51. The molecule has 1 atom stereocenters. The lowest BCUT2D eigenvalue weighted by Crippen LogP contribution is -2.06. The zero-order valence-electron chi connectivity index (χ0n) is 11.7. The highest BCUT2D eigenvalue weighted by Crippen LogP contribution is 2.39. The molecule has 0 aliphatic rings. The third-order valence-electron chi connectivity index (χ3n) is 3.65. The molecule has 2 aromatic carbocycles. The Hall–Kier alpha value is -1.59. The van der Waals surface area contributed by atoms with Gasteiger partial charge in [0.1, 0.15) is 10.6 Å².